The molecule has 1 aromatic heterocycles. The summed E-state index contributed by atoms with van der Waals surface area (Å²) in [6.07, 6.45) is 4.29. The maximum atomic E-state index is 12.7. The fraction of sp³-hybridized carbons (Fsp3) is 0.286. The van der Waals surface area contributed by atoms with Gasteiger partial charge >= 0.3 is 0 Å². The van der Waals surface area contributed by atoms with Gasteiger partial charge in [-0.05, 0) is 37.1 Å². The fourth-order valence-corrected chi connectivity index (χ4v) is 1.73. The third kappa shape index (κ3) is 3.71. The van der Waals surface area contributed by atoms with Crippen LogP contribution in [0.15, 0.2) is 47.3 Å². The molecule has 0 saturated heterocycles. The minimum atomic E-state index is -0.187. The van der Waals surface area contributed by atoms with Gasteiger partial charge < -0.3 is 9.73 Å². The Bertz CT molecular complexity index is 436. The predicted octanol–water partition coefficient (Wildman–Crippen LogP) is 3.14. The maximum Gasteiger partial charge on any atom is 0.123 e. The van der Waals surface area contributed by atoms with Crippen LogP contribution in [0, 0.1) is 5.82 Å². The van der Waals surface area contributed by atoms with Crippen molar-refractivity contribution in [1.29, 1.82) is 0 Å². The van der Waals surface area contributed by atoms with Gasteiger partial charge in [-0.3, -0.25) is 0 Å². The van der Waals surface area contributed by atoms with E-state index in [4.69, 9.17) is 4.42 Å². The number of nitrogens with one attached hydrogen (secondary N) is 1. The summed E-state index contributed by atoms with van der Waals surface area (Å²) >= 11 is 0. The molecule has 0 fully saturated rings. The lowest BCUT2D eigenvalue weighted by atomic mass is 10.1. The summed E-state index contributed by atoms with van der Waals surface area (Å²) in [7, 11) is 0. The molecule has 2 aromatic rings. The Kier molecular flexibility index (Phi) is 3.94. The molecule has 17 heavy (non-hydrogen) atoms. The molecule has 0 aliphatic heterocycles. The lowest BCUT2D eigenvalue weighted by Gasteiger charge is -2.13. The zero-order valence-corrected chi connectivity index (χ0v) is 9.82. The molecule has 0 radical (unpaired) electrons. The first kappa shape index (κ1) is 11.9. The molecule has 1 aromatic carbocycles. The van der Waals surface area contributed by atoms with E-state index in [0.717, 1.165) is 24.1 Å². The van der Waals surface area contributed by atoms with Crippen molar-refractivity contribution in [3.63, 3.8) is 0 Å². The highest BCUT2D eigenvalue weighted by Crippen LogP contribution is 2.06. The first-order chi connectivity index (χ1) is 8.24. The van der Waals surface area contributed by atoms with E-state index in [2.05, 4.69) is 12.2 Å². The van der Waals surface area contributed by atoms with E-state index in [1.807, 2.05) is 18.2 Å². The van der Waals surface area contributed by atoms with Crippen molar-refractivity contribution >= 4 is 0 Å². The van der Waals surface area contributed by atoms with Gasteiger partial charge in [0, 0.05) is 18.2 Å². The molecule has 0 saturated carbocycles. The minimum Gasteiger partial charge on any atom is -0.472 e. The lowest BCUT2D eigenvalue weighted by molar-refractivity contribution is 0.532. The molecular weight excluding hydrogens is 217 g/mol. The van der Waals surface area contributed by atoms with Gasteiger partial charge in [0.05, 0.1) is 12.5 Å². The highest BCUT2D eigenvalue weighted by Gasteiger charge is 2.04. The standard InChI is InChI=1S/C14H16FNO/c1-11(16-9-13-6-7-17-10-13)8-12-2-4-14(15)5-3-12/h2-7,10-11,16H,8-9H2,1H3. The molecule has 0 spiro atoms. The Morgan fingerprint density at radius 1 is 1.18 bits per heavy atom. The Labute approximate surface area is 100 Å². The molecule has 3 heteroatoms. The van der Waals surface area contributed by atoms with Crippen LogP contribution in [0.5, 0.6) is 0 Å². The highest BCUT2D eigenvalue weighted by atomic mass is 19.1. The SMILES string of the molecule is CC(Cc1ccc(F)cc1)NCc1ccoc1. The molecule has 1 atom stereocenters. The predicted molar refractivity (Wildman–Crippen MR) is 65.1 cm³/mol. The summed E-state index contributed by atoms with van der Waals surface area (Å²) in [6, 6.07) is 8.93. The number of furan rings is 1. The van der Waals surface area contributed by atoms with E-state index in [0.29, 0.717) is 6.04 Å². The second-order valence-electron chi connectivity index (χ2n) is 4.24. The number of hydrogen-bond acceptors (Lipinski definition) is 2. The van der Waals surface area contributed by atoms with Crippen molar-refractivity contribution < 1.29 is 8.81 Å². The van der Waals surface area contributed by atoms with Crippen LogP contribution in [0.4, 0.5) is 4.39 Å². The summed E-state index contributed by atoms with van der Waals surface area (Å²) in [6.45, 7) is 2.91. The first-order valence-corrected chi connectivity index (χ1v) is 5.73. The van der Waals surface area contributed by atoms with Gasteiger partial charge in [0.15, 0.2) is 0 Å². The molecule has 0 bridgehead atoms. The molecule has 2 nitrogen and oxygen atoms in total. The number of rotatable bonds is 5. The van der Waals surface area contributed by atoms with Gasteiger partial charge in [-0.25, -0.2) is 4.39 Å². The zero-order valence-electron chi connectivity index (χ0n) is 9.82. The molecular formula is C14H16FNO. The van der Waals surface area contributed by atoms with Crippen molar-refractivity contribution in [1.82, 2.24) is 5.32 Å². The topological polar surface area (TPSA) is 25.2 Å². The molecule has 1 heterocycles. The van der Waals surface area contributed by atoms with E-state index in [-0.39, 0.29) is 5.82 Å². The van der Waals surface area contributed by atoms with Crippen molar-refractivity contribution in [2.24, 2.45) is 0 Å². The minimum absolute atomic E-state index is 0.187. The van der Waals surface area contributed by atoms with Gasteiger partial charge in [-0.15, -0.1) is 0 Å². The number of hydrogen-bond donors (Lipinski definition) is 1. The van der Waals surface area contributed by atoms with Crippen LogP contribution in [0.3, 0.4) is 0 Å². The first-order valence-electron chi connectivity index (χ1n) is 5.73. The summed E-state index contributed by atoms with van der Waals surface area (Å²) in [4.78, 5) is 0. The Morgan fingerprint density at radius 2 is 1.94 bits per heavy atom. The van der Waals surface area contributed by atoms with Crippen molar-refractivity contribution in [2.75, 3.05) is 0 Å². The summed E-state index contributed by atoms with van der Waals surface area (Å²) in [5, 5.41) is 3.39. The van der Waals surface area contributed by atoms with Crippen LogP contribution in [-0.2, 0) is 13.0 Å². The lowest BCUT2D eigenvalue weighted by Crippen LogP contribution is -2.27. The van der Waals surface area contributed by atoms with Crippen molar-refractivity contribution in [3.05, 3.63) is 59.8 Å². The molecule has 0 aliphatic rings. The third-order valence-corrected chi connectivity index (χ3v) is 2.69. The second kappa shape index (κ2) is 5.64. The highest BCUT2D eigenvalue weighted by molar-refractivity contribution is 5.17. The van der Waals surface area contributed by atoms with Gasteiger partial charge in [-0.1, -0.05) is 12.1 Å². The fourth-order valence-electron chi connectivity index (χ4n) is 1.73. The Hall–Kier alpha value is -1.61. The average Bonchev–Trinajstić information content (AvgIpc) is 2.83. The normalized spacial score (nSPS) is 12.6. The molecule has 0 aliphatic carbocycles. The van der Waals surface area contributed by atoms with Gasteiger partial charge in [0.1, 0.15) is 5.82 Å². The van der Waals surface area contributed by atoms with Crippen LogP contribution in [0.1, 0.15) is 18.1 Å². The van der Waals surface area contributed by atoms with E-state index >= 15 is 0 Å². The van der Waals surface area contributed by atoms with E-state index < -0.39 is 0 Å². The second-order valence-corrected chi connectivity index (χ2v) is 4.24. The van der Waals surface area contributed by atoms with Crippen LogP contribution in [0.2, 0.25) is 0 Å². The van der Waals surface area contributed by atoms with E-state index in [1.54, 1.807) is 12.5 Å². The van der Waals surface area contributed by atoms with Crippen LogP contribution in [-0.4, -0.2) is 6.04 Å². The van der Waals surface area contributed by atoms with Gasteiger partial charge in [-0.2, -0.15) is 0 Å². The summed E-state index contributed by atoms with van der Waals surface area (Å²) in [5.41, 5.74) is 2.27. The number of halogens is 1. The monoisotopic (exact) mass is 233 g/mol. The number of benzene rings is 1. The third-order valence-electron chi connectivity index (χ3n) is 2.69. The maximum absolute atomic E-state index is 12.7. The van der Waals surface area contributed by atoms with Crippen LogP contribution < -0.4 is 5.32 Å². The Balaban J connectivity index is 1.80. The van der Waals surface area contributed by atoms with Gasteiger partial charge in [0.2, 0.25) is 0 Å². The van der Waals surface area contributed by atoms with E-state index in [1.165, 1.54) is 12.1 Å². The van der Waals surface area contributed by atoms with Crippen LogP contribution in [0.25, 0.3) is 0 Å². The van der Waals surface area contributed by atoms with Crippen molar-refractivity contribution in [3.8, 4) is 0 Å². The largest absolute Gasteiger partial charge is 0.472 e. The quantitative estimate of drug-likeness (QED) is 0.858. The molecule has 2 rings (SSSR count). The smallest absolute Gasteiger partial charge is 0.123 e. The Morgan fingerprint density at radius 3 is 2.59 bits per heavy atom. The summed E-state index contributed by atoms with van der Waals surface area (Å²) < 4.78 is 17.7. The molecule has 1 unspecified atom stereocenters. The average molecular weight is 233 g/mol. The van der Waals surface area contributed by atoms with Crippen molar-refractivity contribution in [2.45, 2.75) is 25.9 Å². The van der Waals surface area contributed by atoms with Crippen LogP contribution >= 0.6 is 0 Å². The van der Waals surface area contributed by atoms with E-state index in [9.17, 15) is 4.39 Å². The molecule has 1 N–H and O–H groups in total. The molecule has 0 amide bonds. The van der Waals surface area contributed by atoms with Gasteiger partial charge in [0.25, 0.3) is 0 Å². The zero-order chi connectivity index (χ0) is 12.1. The molecule has 90 valence electrons. The summed E-state index contributed by atoms with van der Waals surface area (Å²) in [5.74, 6) is -0.187.